The van der Waals surface area contributed by atoms with Gasteiger partial charge in [-0.05, 0) is 48.7 Å². The fraction of sp³-hybridized carbons (Fsp3) is 0.188. The van der Waals surface area contributed by atoms with E-state index in [1.165, 1.54) is 5.56 Å². The van der Waals surface area contributed by atoms with E-state index in [9.17, 15) is 0 Å². The molecule has 2 aromatic rings. The first-order chi connectivity index (χ1) is 8.72. The Kier molecular flexibility index (Phi) is 3.64. The van der Waals surface area contributed by atoms with E-state index in [2.05, 4.69) is 13.0 Å². The molecule has 0 radical (unpaired) electrons. The molecule has 0 spiro atoms. The lowest BCUT2D eigenvalue weighted by atomic mass is 10.1. The molecule has 2 heteroatoms. The first-order valence-corrected chi connectivity index (χ1v) is 6.00. The molecule has 0 N–H and O–H groups in total. The molecule has 0 saturated carbocycles. The smallest absolute Gasteiger partial charge is 0.145 e. The summed E-state index contributed by atoms with van der Waals surface area (Å²) in [6.07, 6.45) is 1.01. The van der Waals surface area contributed by atoms with E-state index < -0.39 is 0 Å². The van der Waals surface area contributed by atoms with E-state index in [4.69, 9.17) is 10.00 Å². The minimum absolute atomic E-state index is 0.556. The second kappa shape index (κ2) is 5.37. The number of rotatable bonds is 3. The molecule has 0 amide bonds. The Bertz CT molecular complexity index is 579. The van der Waals surface area contributed by atoms with Gasteiger partial charge in [-0.1, -0.05) is 25.1 Å². The maximum Gasteiger partial charge on any atom is 0.145 e. The summed E-state index contributed by atoms with van der Waals surface area (Å²) in [6, 6.07) is 15.7. The molecule has 0 bridgehead atoms. The summed E-state index contributed by atoms with van der Waals surface area (Å²) in [4.78, 5) is 0. The average Bonchev–Trinajstić information content (AvgIpc) is 2.40. The standard InChI is InChI=1S/C16H15NO/c1-3-13-5-8-15(9-6-13)18-16-10-12(2)4-7-14(16)11-17/h4-10H,3H2,1-2H3. The fourth-order valence-corrected chi connectivity index (χ4v) is 1.73. The second-order valence-corrected chi connectivity index (χ2v) is 4.21. The summed E-state index contributed by atoms with van der Waals surface area (Å²) in [5.74, 6) is 1.37. The highest BCUT2D eigenvalue weighted by atomic mass is 16.5. The zero-order valence-electron chi connectivity index (χ0n) is 10.6. The lowest BCUT2D eigenvalue weighted by Gasteiger charge is -2.08. The van der Waals surface area contributed by atoms with Crippen LogP contribution in [0, 0.1) is 18.3 Å². The van der Waals surface area contributed by atoms with Crippen LogP contribution in [0.15, 0.2) is 42.5 Å². The topological polar surface area (TPSA) is 33.0 Å². The Morgan fingerprint density at radius 2 is 1.83 bits per heavy atom. The van der Waals surface area contributed by atoms with Gasteiger partial charge >= 0.3 is 0 Å². The highest BCUT2D eigenvalue weighted by Gasteiger charge is 2.04. The highest BCUT2D eigenvalue weighted by Crippen LogP contribution is 2.26. The minimum atomic E-state index is 0.556. The maximum absolute atomic E-state index is 9.04. The first kappa shape index (κ1) is 12.2. The molecule has 0 unspecified atom stereocenters. The molecule has 2 aromatic carbocycles. The third kappa shape index (κ3) is 2.70. The van der Waals surface area contributed by atoms with Crippen LogP contribution in [0.4, 0.5) is 0 Å². The van der Waals surface area contributed by atoms with Crippen molar-refractivity contribution in [1.29, 1.82) is 5.26 Å². The van der Waals surface area contributed by atoms with Gasteiger partial charge in [-0.3, -0.25) is 0 Å². The minimum Gasteiger partial charge on any atom is -0.456 e. The van der Waals surface area contributed by atoms with Gasteiger partial charge < -0.3 is 4.74 Å². The third-order valence-electron chi connectivity index (χ3n) is 2.82. The highest BCUT2D eigenvalue weighted by molar-refractivity contribution is 5.47. The molecule has 0 fully saturated rings. The summed E-state index contributed by atoms with van der Waals surface area (Å²) in [7, 11) is 0. The van der Waals surface area contributed by atoms with Gasteiger partial charge in [0.1, 0.15) is 17.6 Å². The van der Waals surface area contributed by atoms with Crippen molar-refractivity contribution in [2.24, 2.45) is 0 Å². The summed E-state index contributed by atoms with van der Waals surface area (Å²) in [5, 5.41) is 9.04. The molecule has 0 heterocycles. The molecular weight excluding hydrogens is 222 g/mol. The van der Waals surface area contributed by atoms with Crippen molar-refractivity contribution in [2.75, 3.05) is 0 Å². The molecule has 0 aliphatic heterocycles. The van der Waals surface area contributed by atoms with E-state index in [0.717, 1.165) is 17.7 Å². The van der Waals surface area contributed by atoms with Crippen LogP contribution in [-0.4, -0.2) is 0 Å². The predicted molar refractivity (Wildman–Crippen MR) is 71.8 cm³/mol. The van der Waals surface area contributed by atoms with Gasteiger partial charge in [0.15, 0.2) is 0 Å². The molecule has 18 heavy (non-hydrogen) atoms. The number of aryl methyl sites for hydroxylation is 2. The monoisotopic (exact) mass is 237 g/mol. The van der Waals surface area contributed by atoms with Crippen LogP contribution in [0.1, 0.15) is 23.6 Å². The lowest BCUT2D eigenvalue weighted by molar-refractivity contribution is 0.480. The van der Waals surface area contributed by atoms with Crippen LogP contribution in [0.3, 0.4) is 0 Å². The normalized spacial score (nSPS) is 9.83. The van der Waals surface area contributed by atoms with Gasteiger partial charge in [0.2, 0.25) is 0 Å². The first-order valence-electron chi connectivity index (χ1n) is 6.00. The summed E-state index contributed by atoms with van der Waals surface area (Å²) >= 11 is 0. The SMILES string of the molecule is CCc1ccc(Oc2cc(C)ccc2C#N)cc1. The second-order valence-electron chi connectivity index (χ2n) is 4.21. The zero-order valence-corrected chi connectivity index (χ0v) is 10.6. The lowest BCUT2D eigenvalue weighted by Crippen LogP contribution is -1.89. The van der Waals surface area contributed by atoms with Gasteiger partial charge in [-0.2, -0.15) is 5.26 Å². The van der Waals surface area contributed by atoms with Crippen LogP contribution < -0.4 is 4.74 Å². The maximum atomic E-state index is 9.04. The summed E-state index contributed by atoms with van der Waals surface area (Å²) < 4.78 is 5.76. The largest absolute Gasteiger partial charge is 0.456 e. The van der Waals surface area contributed by atoms with Crippen molar-refractivity contribution in [3.05, 3.63) is 59.2 Å². The quantitative estimate of drug-likeness (QED) is 0.800. The van der Waals surface area contributed by atoms with Crippen LogP contribution in [0.2, 0.25) is 0 Å². The summed E-state index contributed by atoms with van der Waals surface area (Å²) in [5.41, 5.74) is 2.90. The molecule has 90 valence electrons. The van der Waals surface area contributed by atoms with E-state index in [-0.39, 0.29) is 0 Å². The molecule has 0 aromatic heterocycles. The van der Waals surface area contributed by atoms with Crippen molar-refractivity contribution in [1.82, 2.24) is 0 Å². The molecular formula is C16H15NO. The zero-order chi connectivity index (χ0) is 13.0. The molecule has 0 aliphatic carbocycles. The third-order valence-corrected chi connectivity index (χ3v) is 2.82. The molecule has 0 aliphatic rings. The Balaban J connectivity index is 2.27. The number of hydrogen-bond acceptors (Lipinski definition) is 2. The number of ether oxygens (including phenoxy) is 1. The van der Waals surface area contributed by atoms with E-state index in [1.807, 2.05) is 43.3 Å². The Morgan fingerprint density at radius 3 is 2.44 bits per heavy atom. The van der Waals surface area contributed by atoms with Crippen LogP contribution in [0.5, 0.6) is 11.5 Å². The fourth-order valence-electron chi connectivity index (χ4n) is 1.73. The average molecular weight is 237 g/mol. The van der Waals surface area contributed by atoms with Crippen LogP contribution >= 0.6 is 0 Å². The van der Waals surface area contributed by atoms with E-state index in [1.54, 1.807) is 6.07 Å². The van der Waals surface area contributed by atoms with Crippen molar-refractivity contribution in [3.63, 3.8) is 0 Å². The Morgan fingerprint density at radius 1 is 1.11 bits per heavy atom. The number of hydrogen-bond donors (Lipinski definition) is 0. The number of nitrogens with zero attached hydrogens (tertiary/aromatic N) is 1. The van der Waals surface area contributed by atoms with Crippen molar-refractivity contribution in [3.8, 4) is 17.6 Å². The van der Waals surface area contributed by atoms with Crippen molar-refractivity contribution < 1.29 is 4.74 Å². The van der Waals surface area contributed by atoms with Gasteiger partial charge in [0.05, 0.1) is 5.56 Å². The Hall–Kier alpha value is -2.27. The van der Waals surface area contributed by atoms with Crippen molar-refractivity contribution in [2.45, 2.75) is 20.3 Å². The van der Waals surface area contributed by atoms with E-state index in [0.29, 0.717) is 11.3 Å². The van der Waals surface area contributed by atoms with E-state index >= 15 is 0 Å². The Labute approximate surface area is 107 Å². The van der Waals surface area contributed by atoms with Gasteiger partial charge in [-0.15, -0.1) is 0 Å². The molecule has 2 nitrogen and oxygen atoms in total. The summed E-state index contributed by atoms with van der Waals surface area (Å²) in [6.45, 7) is 4.10. The molecule has 2 rings (SSSR count). The number of nitriles is 1. The van der Waals surface area contributed by atoms with Crippen LogP contribution in [0.25, 0.3) is 0 Å². The molecule has 0 atom stereocenters. The van der Waals surface area contributed by atoms with Gasteiger partial charge in [0, 0.05) is 0 Å². The van der Waals surface area contributed by atoms with Gasteiger partial charge in [0.25, 0.3) is 0 Å². The number of benzene rings is 2. The van der Waals surface area contributed by atoms with Gasteiger partial charge in [-0.25, -0.2) is 0 Å². The predicted octanol–water partition coefficient (Wildman–Crippen LogP) is 4.22. The van der Waals surface area contributed by atoms with Crippen molar-refractivity contribution >= 4 is 0 Å². The van der Waals surface area contributed by atoms with Crippen LogP contribution in [-0.2, 0) is 6.42 Å². The molecule has 0 saturated heterocycles.